The predicted octanol–water partition coefficient (Wildman–Crippen LogP) is 3.50. The number of nitrogens with one attached hydrogen (secondary N) is 2. The van der Waals surface area contributed by atoms with Gasteiger partial charge in [-0.2, -0.15) is 0 Å². The number of hydrogen-bond donors (Lipinski definition) is 2. The van der Waals surface area contributed by atoms with Gasteiger partial charge >= 0.3 is 0 Å². The van der Waals surface area contributed by atoms with Crippen molar-refractivity contribution >= 4 is 28.8 Å². The van der Waals surface area contributed by atoms with E-state index in [1.807, 2.05) is 37.3 Å². The number of hydrogen-bond acceptors (Lipinski definition) is 3. The van der Waals surface area contributed by atoms with Crippen LogP contribution in [0.15, 0.2) is 30.3 Å². The van der Waals surface area contributed by atoms with Gasteiger partial charge in [0.2, 0.25) is 0 Å². The number of halogens is 1. The van der Waals surface area contributed by atoms with E-state index in [-0.39, 0.29) is 11.9 Å². The second-order valence-electron chi connectivity index (χ2n) is 4.92. The van der Waals surface area contributed by atoms with Gasteiger partial charge in [0.25, 0.3) is 5.91 Å². The van der Waals surface area contributed by atoms with Crippen LogP contribution in [0.25, 0.3) is 0 Å². The predicted molar refractivity (Wildman–Crippen MR) is 82.2 cm³/mol. The Bertz CT molecular complexity index is 653. The van der Waals surface area contributed by atoms with Crippen LogP contribution >= 0.6 is 22.9 Å². The van der Waals surface area contributed by atoms with Crippen molar-refractivity contribution in [1.29, 1.82) is 0 Å². The lowest BCUT2D eigenvalue weighted by Crippen LogP contribution is -2.26. The second kappa shape index (κ2) is 5.56. The Balaban J connectivity index is 1.73. The summed E-state index contributed by atoms with van der Waals surface area (Å²) < 4.78 is 0.740. The minimum absolute atomic E-state index is 0.0358. The van der Waals surface area contributed by atoms with E-state index in [1.165, 1.54) is 22.5 Å². The lowest BCUT2D eigenvalue weighted by atomic mass is 10.1. The van der Waals surface area contributed by atoms with Crippen LogP contribution in [0.2, 0.25) is 4.34 Å². The maximum Gasteiger partial charge on any atom is 0.251 e. The first-order valence-electron chi connectivity index (χ1n) is 6.52. The number of amides is 1. The molecule has 0 radical (unpaired) electrons. The summed E-state index contributed by atoms with van der Waals surface area (Å²) in [5, 5.41) is 6.29. The summed E-state index contributed by atoms with van der Waals surface area (Å²) in [6, 6.07) is 9.65. The highest BCUT2D eigenvalue weighted by molar-refractivity contribution is 7.16. The number of rotatable bonds is 3. The highest BCUT2D eigenvalue weighted by Gasteiger charge is 2.16. The van der Waals surface area contributed by atoms with E-state index in [4.69, 9.17) is 11.6 Å². The molecule has 1 atom stereocenters. The molecule has 2 heterocycles. The van der Waals surface area contributed by atoms with Crippen molar-refractivity contribution in [3.63, 3.8) is 0 Å². The van der Waals surface area contributed by atoms with Gasteiger partial charge in [0.05, 0.1) is 10.4 Å². The maximum absolute atomic E-state index is 12.3. The van der Waals surface area contributed by atoms with Crippen molar-refractivity contribution in [1.82, 2.24) is 10.6 Å². The molecule has 1 aromatic carbocycles. The normalized spacial score (nSPS) is 14.9. The number of carbonyl (C=O) groups is 1. The van der Waals surface area contributed by atoms with Gasteiger partial charge < -0.3 is 10.6 Å². The number of fused-ring (bicyclic) bond motifs is 1. The number of thiophene rings is 1. The van der Waals surface area contributed by atoms with E-state index in [1.54, 1.807) is 0 Å². The highest BCUT2D eigenvalue weighted by atomic mass is 35.5. The highest BCUT2D eigenvalue weighted by Crippen LogP contribution is 2.27. The number of benzene rings is 1. The van der Waals surface area contributed by atoms with Crippen molar-refractivity contribution in [3.8, 4) is 0 Å². The van der Waals surface area contributed by atoms with Crippen LogP contribution in [0, 0.1) is 0 Å². The Labute approximate surface area is 127 Å². The summed E-state index contributed by atoms with van der Waals surface area (Å²) in [5.41, 5.74) is 3.20. The zero-order valence-corrected chi connectivity index (χ0v) is 12.6. The smallest absolute Gasteiger partial charge is 0.251 e. The summed E-state index contributed by atoms with van der Waals surface area (Å²) in [5.74, 6) is -0.0447. The molecule has 1 aromatic heterocycles. The summed E-state index contributed by atoms with van der Waals surface area (Å²) in [6.45, 7) is 3.70. The van der Waals surface area contributed by atoms with Crippen LogP contribution in [0.5, 0.6) is 0 Å². The Hall–Kier alpha value is -1.36. The molecule has 3 nitrogen and oxygen atoms in total. The Morgan fingerprint density at radius 2 is 2.10 bits per heavy atom. The largest absolute Gasteiger partial charge is 0.345 e. The fourth-order valence-electron chi connectivity index (χ4n) is 2.35. The fourth-order valence-corrected chi connectivity index (χ4v) is 3.41. The van der Waals surface area contributed by atoms with Crippen LogP contribution in [0.1, 0.15) is 39.3 Å². The lowest BCUT2D eigenvalue weighted by molar-refractivity contribution is 0.0940. The topological polar surface area (TPSA) is 41.1 Å². The average Bonchev–Trinajstić information content (AvgIpc) is 3.05. The molecule has 0 bridgehead atoms. The van der Waals surface area contributed by atoms with Crippen LogP contribution in [0.4, 0.5) is 0 Å². The second-order valence-corrected chi connectivity index (χ2v) is 6.67. The van der Waals surface area contributed by atoms with Gasteiger partial charge in [-0.15, -0.1) is 11.3 Å². The number of carbonyl (C=O) groups excluding carboxylic acids is 1. The molecule has 0 fully saturated rings. The minimum Gasteiger partial charge on any atom is -0.345 e. The van der Waals surface area contributed by atoms with Crippen molar-refractivity contribution in [2.45, 2.75) is 26.1 Å². The zero-order chi connectivity index (χ0) is 14.1. The zero-order valence-electron chi connectivity index (χ0n) is 11.1. The van der Waals surface area contributed by atoms with Gasteiger partial charge in [-0.1, -0.05) is 17.7 Å². The molecule has 0 aliphatic carbocycles. The lowest BCUT2D eigenvalue weighted by Gasteiger charge is -2.12. The molecule has 3 rings (SSSR count). The molecule has 1 aliphatic heterocycles. The van der Waals surface area contributed by atoms with E-state index in [0.717, 1.165) is 22.3 Å². The third-order valence-electron chi connectivity index (χ3n) is 3.47. The molecule has 0 saturated carbocycles. The molecular formula is C15H15ClN2OS. The summed E-state index contributed by atoms with van der Waals surface area (Å²) in [6.07, 6.45) is 0. The third kappa shape index (κ3) is 2.73. The van der Waals surface area contributed by atoms with Gasteiger partial charge in [0, 0.05) is 23.5 Å². The van der Waals surface area contributed by atoms with E-state index in [2.05, 4.69) is 10.6 Å². The molecule has 0 saturated heterocycles. The van der Waals surface area contributed by atoms with Crippen molar-refractivity contribution in [2.24, 2.45) is 0 Å². The van der Waals surface area contributed by atoms with E-state index >= 15 is 0 Å². The molecule has 1 aliphatic rings. The minimum atomic E-state index is -0.0447. The quantitative estimate of drug-likeness (QED) is 0.911. The molecule has 104 valence electrons. The molecule has 0 spiro atoms. The monoisotopic (exact) mass is 306 g/mol. The Morgan fingerprint density at radius 1 is 1.30 bits per heavy atom. The molecule has 1 unspecified atom stereocenters. The van der Waals surface area contributed by atoms with Gasteiger partial charge in [-0.3, -0.25) is 4.79 Å². The average molecular weight is 307 g/mol. The van der Waals surface area contributed by atoms with Crippen molar-refractivity contribution in [2.75, 3.05) is 0 Å². The Kier molecular flexibility index (Phi) is 3.78. The van der Waals surface area contributed by atoms with E-state index in [9.17, 15) is 4.79 Å². The van der Waals surface area contributed by atoms with Gasteiger partial charge in [-0.05, 0) is 42.3 Å². The summed E-state index contributed by atoms with van der Waals surface area (Å²) in [4.78, 5) is 13.3. The Morgan fingerprint density at radius 3 is 2.85 bits per heavy atom. The van der Waals surface area contributed by atoms with E-state index < -0.39 is 0 Å². The van der Waals surface area contributed by atoms with Crippen molar-refractivity contribution < 1.29 is 4.79 Å². The van der Waals surface area contributed by atoms with Gasteiger partial charge in [0.1, 0.15) is 0 Å². The van der Waals surface area contributed by atoms with Gasteiger partial charge in [-0.25, -0.2) is 0 Å². The molecule has 20 heavy (non-hydrogen) atoms. The van der Waals surface area contributed by atoms with Gasteiger partial charge in [0.15, 0.2) is 0 Å². The molecular weight excluding hydrogens is 292 g/mol. The first-order chi connectivity index (χ1) is 9.63. The molecule has 1 amide bonds. The van der Waals surface area contributed by atoms with Crippen LogP contribution in [0.3, 0.4) is 0 Å². The van der Waals surface area contributed by atoms with E-state index in [0.29, 0.717) is 5.56 Å². The van der Waals surface area contributed by atoms with Crippen LogP contribution in [-0.2, 0) is 13.1 Å². The maximum atomic E-state index is 12.3. The molecule has 5 heteroatoms. The van der Waals surface area contributed by atoms with Crippen molar-refractivity contribution in [3.05, 3.63) is 56.2 Å². The first-order valence-corrected chi connectivity index (χ1v) is 7.71. The third-order valence-corrected chi connectivity index (χ3v) is 4.88. The fraction of sp³-hybridized carbons (Fsp3) is 0.267. The standard InChI is InChI=1S/C15H15ClN2OS/c1-9(13-4-5-14(16)20-13)18-15(19)10-2-3-11-7-17-8-12(11)6-10/h2-6,9,17H,7-8H2,1H3,(H,18,19). The van der Waals surface area contributed by atoms with Crippen LogP contribution < -0.4 is 10.6 Å². The SMILES string of the molecule is CC(NC(=O)c1ccc2c(c1)CNC2)c1ccc(Cl)s1. The summed E-state index contributed by atoms with van der Waals surface area (Å²) >= 11 is 7.41. The molecule has 2 N–H and O–H groups in total. The first kappa shape index (κ1) is 13.6. The summed E-state index contributed by atoms with van der Waals surface area (Å²) in [7, 11) is 0. The molecule has 2 aromatic rings. The van der Waals surface area contributed by atoms with Crippen LogP contribution in [-0.4, -0.2) is 5.91 Å².